The van der Waals surface area contributed by atoms with E-state index in [9.17, 15) is 10.1 Å². The molecule has 5 nitrogen and oxygen atoms in total. The van der Waals surface area contributed by atoms with Crippen LogP contribution in [0.3, 0.4) is 0 Å². The Morgan fingerprint density at radius 3 is 2.29 bits per heavy atom. The minimum absolute atomic E-state index is 0.0860. The average Bonchev–Trinajstić information content (AvgIpc) is 2.59. The summed E-state index contributed by atoms with van der Waals surface area (Å²) in [6.45, 7) is 1.97. The smallest absolute Gasteiger partial charge is 0.269 e. The fourth-order valence-corrected chi connectivity index (χ4v) is 3.19. The first-order chi connectivity index (χ1) is 11.6. The lowest BCUT2D eigenvalue weighted by Crippen LogP contribution is -2.48. The van der Waals surface area contributed by atoms with Crippen molar-refractivity contribution in [2.45, 2.75) is 24.9 Å². The van der Waals surface area contributed by atoms with Gasteiger partial charge in [-0.25, -0.2) is 0 Å². The number of ether oxygens (including phenoxy) is 1. The largest absolute Gasteiger partial charge is 0.487 e. The Morgan fingerprint density at radius 2 is 1.71 bits per heavy atom. The van der Waals surface area contributed by atoms with Crippen LogP contribution in [0.15, 0.2) is 54.6 Å². The van der Waals surface area contributed by atoms with E-state index in [2.05, 4.69) is 24.1 Å². The molecule has 3 rings (SSSR count). The molecule has 2 aromatic rings. The second-order valence-corrected chi connectivity index (χ2v) is 6.50. The van der Waals surface area contributed by atoms with E-state index in [0.717, 1.165) is 32.4 Å². The van der Waals surface area contributed by atoms with Crippen molar-refractivity contribution in [3.8, 4) is 5.75 Å². The highest BCUT2D eigenvalue weighted by atomic mass is 16.6. The summed E-state index contributed by atoms with van der Waals surface area (Å²) in [5.41, 5.74) is 1.08. The maximum absolute atomic E-state index is 10.8. The van der Waals surface area contributed by atoms with Gasteiger partial charge in [0.25, 0.3) is 5.69 Å². The van der Waals surface area contributed by atoms with Gasteiger partial charge in [0, 0.05) is 44.5 Å². The Labute approximate surface area is 142 Å². The van der Waals surface area contributed by atoms with Crippen LogP contribution >= 0.6 is 0 Å². The summed E-state index contributed by atoms with van der Waals surface area (Å²) >= 11 is 0. The minimum Gasteiger partial charge on any atom is -0.487 e. The van der Waals surface area contributed by atoms with Gasteiger partial charge in [-0.05, 0) is 24.7 Å². The molecule has 5 heteroatoms. The lowest BCUT2D eigenvalue weighted by atomic mass is 9.85. The Bertz CT molecular complexity index is 678. The summed E-state index contributed by atoms with van der Waals surface area (Å²) in [7, 11) is 2.12. The first-order valence-electron chi connectivity index (χ1n) is 8.22. The molecule has 0 N–H and O–H groups in total. The van der Waals surface area contributed by atoms with Gasteiger partial charge in [-0.1, -0.05) is 30.3 Å². The van der Waals surface area contributed by atoms with Crippen LogP contribution in [0.25, 0.3) is 0 Å². The summed E-state index contributed by atoms with van der Waals surface area (Å²) in [4.78, 5) is 12.7. The standard InChI is InChI=1S/C19H22N2O3/c1-20-13-11-19(12-14-20,15-16-5-3-2-4-6-16)24-18-9-7-17(8-10-18)21(22)23/h2-10H,11-15H2,1H3. The maximum Gasteiger partial charge on any atom is 0.269 e. The molecule has 0 bridgehead atoms. The predicted molar refractivity (Wildman–Crippen MR) is 93.3 cm³/mol. The summed E-state index contributed by atoms with van der Waals surface area (Å²) in [5.74, 6) is 0.695. The van der Waals surface area contributed by atoms with Crippen LogP contribution in [0.2, 0.25) is 0 Å². The average molecular weight is 326 g/mol. The van der Waals surface area contributed by atoms with Crippen molar-refractivity contribution < 1.29 is 9.66 Å². The van der Waals surface area contributed by atoms with E-state index in [-0.39, 0.29) is 16.2 Å². The van der Waals surface area contributed by atoms with E-state index in [1.807, 2.05) is 18.2 Å². The third-order valence-electron chi connectivity index (χ3n) is 4.65. The zero-order valence-corrected chi connectivity index (χ0v) is 13.9. The van der Waals surface area contributed by atoms with Gasteiger partial charge < -0.3 is 9.64 Å². The minimum atomic E-state index is -0.390. The number of non-ortho nitro benzene ring substituents is 1. The van der Waals surface area contributed by atoms with Gasteiger partial charge >= 0.3 is 0 Å². The molecule has 1 heterocycles. The molecular weight excluding hydrogens is 304 g/mol. The number of likely N-dealkylation sites (tertiary alicyclic amines) is 1. The summed E-state index contributed by atoms with van der Waals surface area (Å²) in [5, 5.41) is 10.8. The topological polar surface area (TPSA) is 55.6 Å². The van der Waals surface area contributed by atoms with E-state index >= 15 is 0 Å². The number of nitro groups is 1. The predicted octanol–water partition coefficient (Wildman–Crippen LogP) is 3.68. The van der Waals surface area contributed by atoms with Crippen molar-refractivity contribution >= 4 is 5.69 Å². The van der Waals surface area contributed by atoms with Gasteiger partial charge in [0.15, 0.2) is 0 Å². The third-order valence-corrected chi connectivity index (χ3v) is 4.65. The van der Waals surface area contributed by atoms with Crippen LogP contribution in [0.1, 0.15) is 18.4 Å². The fraction of sp³-hybridized carbons (Fsp3) is 0.368. The summed E-state index contributed by atoms with van der Waals surface area (Å²) in [6.07, 6.45) is 2.73. The monoisotopic (exact) mass is 326 g/mol. The van der Waals surface area contributed by atoms with Gasteiger partial charge in [0.05, 0.1) is 4.92 Å². The zero-order valence-electron chi connectivity index (χ0n) is 13.9. The molecule has 0 unspecified atom stereocenters. The first kappa shape index (κ1) is 16.5. The highest BCUT2D eigenvalue weighted by molar-refractivity contribution is 5.36. The second-order valence-electron chi connectivity index (χ2n) is 6.50. The van der Waals surface area contributed by atoms with Crippen molar-refractivity contribution in [1.82, 2.24) is 4.90 Å². The van der Waals surface area contributed by atoms with E-state index in [4.69, 9.17) is 4.74 Å². The van der Waals surface area contributed by atoms with Crippen LogP contribution in [0, 0.1) is 10.1 Å². The van der Waals surface area contributed by atoms with E-state index in [1.165, 1.54) is 17.7 Å². The lowest BCUT2D eigenvalue weighted by Gasteiger charge is -2.41. The van der Waals surface area contributed by atoms with Gasteiger partial charge in [0.1, 0.15) is 11.4 Å². The van der Waals surface area contributed by atoms with Gasteiger partial charge in [-0.2, -0.15) is 0 Å². The molecule has 126 valence electrons. The SMILES string of the molecule is CN1CCC(Cc2ccccc2)(Oc2ccc([N+](=O)[O-])cc2)CC1. The van der Waals surface area contributed by atoms with E-state index < -0.39 is 0 Å². The van der Waals surface area contributed by atoms with Crippen molar-refractivity contribution in [3.63, 3.8) is 0 Å². The van der Waals surface area contributed by atoms with Gasteiger partial charge in [0.2, 0.25) is 0 Å². The molecule has 0 amide bonds. The number of hydrogen-bond donors (Lipinski definition) is 0. The van der Waals surface area contributed by atoms with Gasteiger partial charge in [-0.15, -0.1) is 0 Å². The second kappa shape index (κ2) is 7.01. The molecule has 1 fully saturated rings. The van der Waals surface area contributed by atoms with Crippen molar-refractivity contribution in [3.05, 3.63) is 70.3 Å². The molecular formula is C19H22N2O3. The van der Waals surface area contributed by atoms with Crippen molar-refractivity contribution in [1.29, 1.82) is 0 Å². The normalized spacial score (nSPS) is 17.4. The molecule has 0 radical (unpaired) electrons. The molecule has 24 heavy (non-hydrogen) atoms. The summed E-state index contributed by atoms with van der Waals surface area (Å²) in [6, 6.07) is 16.8. The highest BCUT2D eigenvalue weighted by Gasteiger charge is 2.36. The van der Waals surface area contributed by atoms with Crippen molar-refractivity contribution in [2.75, 3.05) is 20.1 Å². The number of piperidine rings is 1. The fourth-order valence-electron chi connectivity index (χ4n) is 3.19. The Morgan fingerprint density at radius 1 is 1.08 bits per heavy atom. The quantitative estimate of drug-likeness (QED) is 0.621. The molecule has 0 spiro atoms. The van der Waals surface area contributed by atoms with Crippen LogP contribution in [-0.4, -0.2) is 35.6 Å². The highest BCUT2D eigenvalue weighted by Crippen LogP contribution is 2.32. The zero-order chi connectivity index (χ0) is 17.0. The van der Waals surface area contributed by atoms with E-state index in [0.29, 0.717) is 5.75 Å². The number of hydrogen-bond acceptors (Lipinski definition) is 4. The van der Waals surface area contributed by atoms with Crippen LogP contribution < -0.4 is 4.74 Å². The number of rotatable bonds is 5. The molecule has 1 saturated heterocycles. The van der Waals surface area contributed by atoms with Crippen LogP contribution in [0.4, 0.5) is 5.69 Å². The van der Waals surface area contributed by atoms with Crippen molar-refractivity contribution in [2.24, 2.45) is 0 Å². The number of nitrogens with zero attached hydrogens (tertiary/aromatic N) is 2. The molecule has 0 atom stereocenters. The molecule has 1 aliphatic rings. The molecule has 0 aliphatic carbocycles. The van der Waals surface area contributed by atoms with Crippen LogP contribution in [-0.2, 0) is 6.42 Å². The number of nitro benzene ring substituents is 1. The maximum atomic E-state index is 10.8. The molecule has 2 aromatic carbocycles. The number of benzene rings is 2. The Balaban J connectivity index is 1.80. The molecule has 1 aliphatic heterocycles. The van der Waals surface area contributed by atoms with Crippen LogP contribution in [0.5, 0.6) is 5.75 Å². The van der Waals surface area contributed by atoms with Gasteiger partial charge in [-0.3, -0.25) is 10.1 Å². The van der Waals surface area contributed by atoms with E-state index in [1.54, 1.807) is 12.1 Å². The Hall–Kier alpha value is -2.40. The third kappa shape index (κ3) is 3.92. The summed E-state index contributed by atoms with van der Waals surface area (Å²) < 4.78 is 6.38. The lowest BCUT2D eigenvalue weighted by molar-refractivity contribution is -0.384. The molecule has 0 aromatic heterocycles. The Kier molecular flexibility index (Phi) is 4.81. The molecule has 0 saturated carbocycles. The first-order valence-corrected chi connectivity index (χ1v) is 8.22.